The van der Waals surface area contributed by atoms with E-state index in [9.17, 15) is 13.2 Å². The quantitative estimate of drug-likeness (QED) is 0.596. The highest BCUT2D eigenvalue weighted by Crippen LogP contribution is 2.11. The van der Waals surface area contributed by atoms with Gasteiger partial charge in [-0.2, -0.15) is 0 Å². The van der Waals surface area contributed by atoms with Crippen LogP contribution in [0.1, 0.15) is 12.8 Å². The minimum Gasteiger partial charge on any atom is -0.369 e. The first-order valence-electron chi connectivity index (χ1n) is 4.22. The van der Waals surface area contributed by atoms with Crippen molar-refractivity contribution in [1.29, 1.82) is 0 Å². The number of primary amides is 1. The van der Waals surface area contributed by atoms with Crippen molar-refractivity contribution in [2.45, 2.75) is 18.9 Å². The maximum absolute atomic E-state index is 11.0. The third-order valence-electron chi connectivity index (χ3n) is 2.12. The van der Waals surface area contributed by atoms with E-state index < -0.39 is 15.7 Å². The summed E-state index contributed by atoms with van der Waals surface area (Å²) < 4.78 is 22.0. The van der Waals surface area contributed by atoms with Crippen LogP contribution >= 0.6 is 0 Å². The molecule has 0 aromatic rings. The average Bonchev–Trinajstić information content (AvgIpc) is 2.02. The number of hydrogen-bond donors (Lipinski definition) is 2. The highest BCUT2D eigenvalue weighted by Gasteiger charge is 2.23. The molecule has 1 aliphatic rings. The standard InChI is InChI=1S/C7H14N2O3S/c8-7(10)5-9-6-1-3-13(11,12)4-2-6/h6,9H,1-5H2,(H2,8,10). The molecule has 0 bridgehead atoms. The molecule has 0 aromatic carbocycles. The molecule has 1 heterocycles. The van der Waals surface area contributed by atoms with E-state index in [1.807, 2.05) is 0 Å². The van der Waals surface area contributed by atoms with E-state index in [0.717, 1.165) is 0 Å². The molecular weight excluding hydrogens is 192 g/mol. The number of sulfone groups is 1. The molecule has 1 aliphatic heterocycles. The van der Waals surface area contributed by atoms with Crippen molar-refractivity contribution in [3.05, 3.63) is 0 Å². The monoisotopic (exact) mass is 206 g/mol. The Morgan fingerprint density at radius 2 is 1.92 bits per heavy atom. The predicted octanol–water partition coefficient (Wildman–Crippen LogP) is -1.36. The molecule has 1 amide bonds. The zero-order chi connectivity index (χ0) is 9.90. The van der Waals surface area contributed by atoms with Gasteiger partial charge in [0.2, 0.25) is 5.91 Å². The second-order valence-electron chi connectivity index (χ2n) is 3.27. The first kappa shape index (κ1) is 10.5. The van der Waals surface area contributed by atoms with Crippen LogP contribution in [0.3, 0.4) is 0 Å². The van der Waals surface area contributed by atoms with Crippen LogP contribution in [0.25, 0.3) is 0 Å². The average molecular weight is 206 g/mol. The molecule has 1 rings (SSSR count). The Morgan fingerprint density at radius 1 is 1.38 bits per heavy atom. The maximum atomic E-state index is 11.0. The largest absolute Gasteiger partial charge is 0.369 e. The lowest BCUT2D eigenvalue weighted by atomic mass is 10.1. The van der Waals surface area contributed by atoms with E-state index in [1.54, 1.807) is 0 Å². The Bertz CT molecular complexity index is 272. The van der Waals surface area contributed by atoms with Crippen LogP contribution in [-0.2, 0) is 14.6 Å². The summed E-state index contributed by atoms with van der Waals surface area (Å²) >= 11 is 0. The van der Waals surface area contributed by atoms with Gasteiger partial charge in [0.05, 0.1) is 18.1 Å². The molecule has 0 spiro atoms. The van der Waals surface area contributed by atoms with Gasteiger partial charge in [-0.15, -0.1) is 0 Å². The maximum Gasteiger partial charge on any atom is 0.231 e. The number of nitrogens with one attached hydrogen (secondary N) is 1. The third-order valence-corrected chi connectivity index (χ3v) is 3.84. The van der Waals surface area contributed by atoms with Gasteiger partial charge in [-0.3, -0.25) is 4.79 Å². The summed E-state index contributed by atoms with van der Waals surface area (Å²) in [5.74, 6) is 0.0146. The molecule has 76 valence electrons. The Hall–Kier alpha value is -0.620. The van der Waals surface area contributed by atoms with Crippen LogP contribution in [0, 0.1) is 0 Å². The molecular formula is C7H14N2O3S. The van der Waals surface area contributed by atoms with E-state index in [4.69, 9.17) is 5.73 Å². The van der Waals surface area contributed by atoms with Gasteiger partial charge in [-0.25, -0.2) is 8.42 Å². The van der Waals surface area contributed by atoms with Crippen LogP contribution in [0.5, 0.6) is 0 Å². The topological polar surface area (TPSA) is 89.3 Å². The number of carbonyl (C=O) groups excluding carboxylic acids is 1. The van der Waals surface area contributed by atoms with Gasteiger partial charge < -0.3 is 11.1 Å². The molecule has 13 heavy (non-hydrogen) atoms. The van der Waals surface area contributed by atoms with Gasteiger partial charge in [0.15, 0.2) is 0 Å². The van der Waals surface area contributed by atoms with E-state index >= 15 is 0 Å². The Morgan fingerprint density at radius 3 is 2.38 bits per heavy atom. The second-order valence-corrected chi connectivity index (χ2v) is 5.58. The first-order chi connectivity index (χ1) is 5.99. The van der Waals surface area contributed by atoms with Crippen molar-refractivity contribution < 1.29 is 13.2 Å². The fourth-order valence-corrected chi connectivity index (χ4v) is 2.83. The van der Waals surface area contributed by atoms with E-state index in [0.29, 0.717) is 12.8 Å². The van der Waals surface area contributed by atoms with E-state index in [-0.39, 0.29) is 24.1 Å². The Balaban J connectivity index is 2.29. The fraction of sp³-hybridized carbons (Fsp3) is 0.857. The molecule has 1 saturated heterocycles. The van der Waals surface area contributed by atoms with Crippen LogP contribution < -0.4 is 11.1 Å². The first-order valence-corrected chi connectivity index (χ1v) is 6.04. The van der Waals surface area contributed by atoms with Crippen molar-refractivity contribution >= 4 is 15.7 Å². The van der Waals surface area contributed by atoms with Crippen molar-refractivity contribution in [2.24, 2.45) is 5.73 Å². The summed E-state index contributed by atoms with van der Waals surface area (Å²) in [6, 6.07) is 0.121. The van der Waals surface area contributed by atoms with E-state index in [1.165, 1.54) is 0 Å². The van der Waals surface area contributed by atoms with Crippen molar-refractivity contribution in [2.75, 3.05) is 18.1 Å². The summed E-state index contributed by atoms with van der Waals surface area (Å²) in [6.07, 6.45) is 1.16. The number of carbonyl (C=O) groups is 1. The summed E-state index contributed by atoms with van der Waals surface area (Å²) in [6.45, 7) is 0.130. The fourth-order valence-electron chi connectivity index (χ4n) is 1.34. The summed E-state index contributed by atoms with van der Waals surface area (Å²) in [7, 11) is -2.81. The van der Waals surface area contributed by atoms with Crippen molar-refractivity contribution in [3.8, 4) is 0 Å². The summed E-state index contributed by atoms with van der Waals surface area (Å²) in [5, 5.41) is 2.92. The molecule has 0 aromatic heterocycles. The third kappa shape index (κ3) is 3.73. The van der Waals surface area contributed by atoms with Gasteiger partial charge in [0, 0.05) is 6.04 Å². The lowest BCUT2D eigenvalue weighted by Gasteiger charge is -2.22. The zero-order valence-electron chi connectivity index (χ0n) is 7.32. The Labute approximate surface area is 77.6 Å². The second kappa shape index (κ2) is 4.06. The molecule has 6 heteroatoms. The van der Waals surface area contributed by atoms with Gasteiger partial charge in [0.1, 0.15) is 9.84 Å². The molecule has 0 unspecified atom stereocenters. The molecule has 1 fully saturated rings. The van der Waals surface area contributed by atoms with Gasteiger partial charge >= 0.3 is 0 Å². The van der Waals surface area contributed by atoms with Crippen LogP contribution in [0.4, 0.5) is 0 Å². The smallest absolute Gasteiger partial charge is 0.231 e. The Kier molecular flexibility index (Phi) is 3.27. The minimum atomic E-state index is -2.81. The van der Waals surface area contributed by atoms with Crippen LogP contribution in [0.2, 0.25) is 0 Å². The normalized spacial score (nSPS) is 22.8. The number of rotatable bonds is 3. The minimum absolute atomic E-state index is 0.121. The van der Waals surface area contributed by atoms with Gasteiger partial charge in [-0.1, -0.05) is 0 Å². The van der Waals surface area contributed by atoms with Crippen LogP contribution in [0.15, 0.2) is 0 Å². The highest BCUT2D eigenvalue weighted by atomic mass is 32.2. The molecule has 0 atom stereocenters. The van der Waals surface area contributed by atoms with Crippen molar-refractivity contribution in [1.82, 2.24) is 5.32 Å². The lowest BCUT2D eigenvalue weighted by molar-refractivity contribution is -0.117. The number of nitrogens with two attached hydrogens (primary N) is 1. The molecule has 3 N–H and O–H groups in total. The molecule has 0 radical (unpaired) electrons. The molecule has 5 nitrogen and oxygen atoms in total. The number of amides is 1. The van der Waals surface area contributed by atoms with Gasteiger partial charge in [-0.05, 0) is 12.8 Å². The van der Waals surface area contributed by atoms with E-state index in [2.05, 4.69) is 5.32 Å². The zero-order valence-corrected chi connectivity index (χ0v) is 8.14. The predicted molar refractivity (Wildman–Crippen MR) is 48.9 cm³/mol. The lowest BCUT2D eigenvalue weighted by Crippen LogP contribution is -2.41. The summed E-state index contributed by atoms with van der Waals surface area (Å²) in [5.41, 5.74) is 4.94. The van der Waals surface area contributed by atoms with Crippen molar-refractivity contribution in [3.63, 3.8) is 0 Å². The number of hydrogen-bond acceptors (Lipinski definition) is 4. The van der Waals surface area contributed by atoms with Gasteiger partial charge in [0.25, 0.3) is 0 Å². The molecule has 0 aliphatic carbocycles. The summed E-state index contributed by atoms with van der Waals surface area (Å²) in [4.78, 5) is 10.4. The SMILES string of the molecule is NC(=O)CNC1CCS(=O)(=O)CC1. The van der Waals surface area contributed by atoms with Crippen LogP contribution in [-0.4, -0.2) is 38.4 Å². The highest BCUT2D eigenvalue weighted by molar-refractivity contribution is 7.91. The molecule has 0 saturated carbocycles.